The van der Waals surface area contributed by atoms with E-state index >= 15 is 0 Å². The van der Waals surface area contributed by atoms with Crippen LogP contribution in [0.3, 0.4) is 0 Å². The van der Waals surface area contributed by atoms with Gasteiger partial charge in [0.25, 0.3) is 11.6 Å². The molecule has 1 N–H and O–H groups in total. The number of hydrogen-bond acceptors (Lipinski definition) is 7. The maximum Gasteiger partial charge on any atom is 0.270 e. The van der Waals surface area contributed by atoms with Crippen molar-refractivity contribution in [2.24, 2.45) is 5.92 Å². The Bertz CT molecular complexity index is 1160. The highest BCUT2D eigenvalue weighted by atomic mass is 35.5. The minimum atomic E-state index is -0.512. The summed E-state index contributed by atoms with van der Waals surface area (Å²) in [6.45, 7) is 8.93. The van der Waals surface area contributed by atoms with Gasteiger partial charge in [0.2, 0.25) is 5.91 Å². The zero-order chi connectivity index (χ0) is 26.5. The average Bonchev–Trinajstić information content (AvgIpc) is 2.88. The fraction of sp³-hybridized carbons (Fsp3) is 0.462. The molecular formula is C26H32ClN5O5. The highest BCUT2D eigenvalue weighted by Gasteiger charge is 2.24. The van der Waals surface area contributed by atoms with Crippen LogP contribution in [-0.4, -0.2) is 74.1 Å². The molecule has 198 valence electrons. The Morgan fingerprint density at radius 1 is 1.00 bits per heavy atom. The number of nitrogens with one attached hydrogen (secondary N) is 1. The van der Waals surface area contributed by atoms with Crippen LogP contribution in [0.25, 0.3) is 0 Å². The lowest BCUT2D eigenvalue weighted by atomic mass is 10.1. The van der Waals surface area contributed by atoms with Crippen molar-refractivity contribution in [3.8, 4) is 0 Å². The topological polar surface area (TPSA) is 108 Å². The van der Waals surface area contributed by atoms with Crippen molar-refractivity contribution in [1.29, 1.82) is 0 Å². The van der Waals surface area contributed by atoms with E-state index in [0.29, 0.717) is 81.2 Å². The first-order valence-electron chi connectivity index (χ1n) is 12.5. The summed E-state index contributed by atoms with van der Waals surface area (Å²) < 4.78 is 5.40. The summed E-state index contributed by atoms with van der Waals surface area (Å²) in [6.07, 6.45) is 0.549. The van der Waals surface area contributed by atoms with Crippen molar-refractivity contribution in [3.63, 3.8) is 0 Å². The molecule has 2 aliphatic heterocycles. The molecule has 0 aromatic heterocycles. The number of halogens is 1. The molecule has 2 heterocycles. The van der Waals surface area contributed by atoms with E-state index in [9.17, 15) is 19.7 Å². The van der Waals surface area contributed by atoms with Crippen LogP contribution >= 0.6 is 11.6 Å². The molecule has 0 bridgehead atoms. The molecule has 0 aliphatic carbocycles. The summed E-state index contributed by atoms with van der Waals surface area (Å²) in [6, 6.07) is 9.61. The summed E-state index contributed by atoms with van der Waals surface area (Å²) in [7, 11) is 0. The largest absolute Gasteiger partial charge is 0.378 e. The smallest absolute Gasteiger partial charge is 0.270 e. The number of carbonyl (C=O) groups excluding carboxylic acids is 2. The monoisotopic (exact) mass is 529 g/mol. The molecule has 4 rings (SSSR count). The first-order valence-corrected chi connectivity index (χ1v) is 12.9. The lowest BCUT2D eigenvalue weighted by Crippen LogP contribution is -2.49. The molecule has 2 aliphatic rings. The van der Waals surface area contributed by atoms with Gasteiger partial charge >= 0.3 is 0 Å². The van der Waals surface area contributed by atoms with Crippen LogP contribution in [0.5, 0.6) is 0 Å². The van der Waals surface area contributed by atoms with E-state index < -0.39 is 10.8 Å². The van der Waals surface area contributed by atoms with Gasteiger partial charge in [-0.2, -0.15) is 0 Å². The SMILES string of the molecule is CC(C)CC(=O)N1CCN(c2ccc(NC(=O)c3cc([N+](=O)[O-])ccc3N3CCOCC3)cc2Cl)CC1. The number of nitrogens with zero attached hydrogens (tertiary/aromatic N) is 4. The lowest BCUT2D eigenvalue weighted by molar-refractivity contribution is -0.384. The molecule has 0 saturated carbocycles. The first kappa shape index (κ1) is 26.7. The Hall–Kier alpha value is -3.37. The minimum absolute atomic E-state index is 0.151. The van der Waals surface area contributed by atoms with Gasteiger partial charge in [-0.05, 0) is 30.2 Å². The summed E-state index contributed by atoms with van der Waals surface area (Å²) in [4.78, 5) is 42.5. The molecule has 11 heteroatoms. The maximum atomic E-state index is 13.2. The predicted octanol–water partition coefficient (Wildman–Crippen LogP) is 4.03. The molecule has 2 aromatic rings. The summed E-state index contributed by atoms with van der Waals surface area (Å²) in [5, 5.41) is 14.7. The van der Waals surface area contributed by atoms with Crippen molar-refractivity contribution >= 4 is 46.2 Å². The van der Waals surface area contributed by atoms with Crippen LogP contribution < -0.4 is 15.1 Å². The van der Waals surface area contributed by atoms with Crippen molar-refractivity contribution in [2.75, 3.05) is 67.6 Å². The van der Waals surface area contributed by atoms with Gasteiger partial charge in [-0.25, -0.2) is 0 Å². The molecule has 0 atom stereocenters. The Labute approximate surface area is 221 Å². The second-order valence-electron chi connectivity index (χ2n) is 9.64. The molecule has 0 spiro atoms. The van der Waals surface area contributed by atoms with Gasteiger partial charge in [-0.1, -0.05) is 25.4 Å². The fourth-order valence-electron chi connectivity index (χ4n) is 4.61. The summed E-state index contributed by atoms with van der Waals surface area (Å²) in [5.74, 6) is 0.0531. The predicted molar refractivity (Wildman–Crippen MR) is 144 cm³/mol. The van der Waals surface area contributed by atoms with Gasteiger partial charge in [-0.15, -0.1) is 0 Å². The number of nitro groups is 1. The number of rotatable bonds is 7. The lowest BCUT2D eigenvalue weighted by Gasteiger charge is -2.37. The number of ether oxygens (including phenoxy) is 1. The number of carbonyl (C=O) groups is 2. The molecule has 2 amide bonds. The van der Waals surface area contributed by atoms with E-state index in [2.05, 4.69) is 10.2 Å². The Kier molecular flexibility index (Phi) is 8.50. The summed E-state index contributed by atoms with van der Waals surface area (Å²) >= 11 is 6.59. The number of benzene rings is 2. The molecule has 2 aromatic carbocycles. The van der Waals surface area contributed by atoms with Gasteiger partial charge < -0.3 is 24.8 Å². The van der Waals surface area contributed by atoms with Crippen molar-refractivity contribution in [1.82, 2.24) is 4.90 Å². The molecule has 10 nitrogen and oxygen atoms in total. The average molecular weight is 530 g/mol. The quantitative estimate of drug-likeness (QED) is 0.426. The van der Waals surface area contributed by atoms with Crippen LogP contribution in [0.1, 0.15) is 30.6 Å². The van der Waals surface area contributed by atoms with Gasteiger partial charge in [0.05, 0.1) is 40.1 Å². The Morgan fingerprint density at radius 3 is 2.27 bits per heavy atom. The minimum Gasteiger partial charge on any atom is -0.378 e. The Balaban J connectivity index is 1.46. The number of piperazine rings is 1. The summed E-state index contributed by atoms with van der Waals surface area (Å²) in [5.41, 5.74) is 2.02. The standard InChI is InChI=1S/C26H32ClN5O5/c1-18(2)15-25(33)31-9-7-29(8-10-31)24-5-3-19(16-22(24)27)28-26(34)21-17-20(32(35)36)4-6-23(21)30-11-13-37-14-12-30/h3-6,16-18H,7-15H2,1-2H3,(H,28,34). The first-order chi connectivity index (χ1) is 17.7. The maximum absolute atomic E-state index is 13.2. The van der Waals surface area contributed by atoms with Crippen molar-refractivity contribution < 1.29 is 19.2 Å². The normalized spacial score (nSPS) is 16.2. The second-order valence-corrected chi connectivity index (χ2v) is 10.1. The van der Waals surface area contributed by atoms with E-state index in [4.69, 9.17) is 16.3 Å². The van der Waals surface area contributed by atoms with E-state index in [1.165, 1.54) is 12.1 Å². The second kappa shape index (κ2) is 11.8. The van der Waals surface area contributed by atoms with Crippen LogP contribution in [0.15, 0.2) is 36.4 Å². The third kappa shape index (κ3) is 6.50. The van der Waals surface area contributed by atoms with Crippen molar-refractivity contribution in [2.45, 2.75) is 20.3 Å². The van der Waals surface area contributed by atoms with Crippen LogP contribution in [0, 0.1) is 16.0 Å². The van der Waals surface area contributed by atoms with E-state index in [-0.39, 0.29) is 17.2 Å². The molecule has 0 radical (unpaired) electrons. The third-order valence-corrected chi connectivity index (χ3v) is 6.85. The molecular weight excluding hydrogens is 498 g/mol. The molecule has 2 saturated heterocycles. The molecule has 0 unspecified atom stereocenters. The van der Waals surface area contributed by atoms with Crippen LogP contribution in [-0.2, 0) is 9.53 Å². The number of nitro benzene ring substituents is 1. The highest BCUT2D eigenvalue weighted by Crippen LogP contribution is 2.31. The van der Waals surface area contributed by atoms with E-state index in [0.717, 1.165) is 5.69 Å². The van der Waals surface area contributed by atoms with Crippen LogP contribution in [0.2, 0.25) is 5.02 Å². The van der Waals surface area contributed by atoms with Gasteiger partial charge in [0.1, 0.15) is 0 Å². The van der Waals surface area contributed by atoms with Crippen LogP contribution in [0.4, 0.5) is 22.7 Å². The van der Waals surface area contributed by atoms with Gasteiger partial charge in [-0.3, -0.25) is 19.7 Å². The van der Waals surface area contributed by atoms with Gasteiger partial charge in [0, 0.05) is 63.5 Å². The van der Waals surface area contributed by atoms with Crippen molar-refractivity contribution in [3.05, 3.63) is 57.1 Å². The van der Waals surface area contributed by atoms with E-state index in [1.807, 2.05) is 29.7 Å². The van der Waals surface area contributed by atoms with Gasteiger partial charge in [0.15, 0.2) is 0 Å². The number of anilines is 3. The number of morpholine rings is 1. The number of non-ortho nitro benzene ring substituents is 1. The van der Waals surface area contributed by atoms with E-state index in [1.54, 1.807) is 18.2 Å². The Morgan fingerprint density at radius 2 is 1.65 bits per heavy atom. The fourth-order valence-corrected chi connectivity index (χ4v) is 4.91. The zero-order valence-electron chi connectivity index (χ0n) is 21.1. The zero-order valence-corrected chi connectivity index (χ0v) is 21.9. The number of hydrogen-bond donors (Lipinski definition) is 1. The number of amides is 2. The third-order valence-electron chi connectivity index (χ3n) is 6.55. The highest BCUT2D eigenvalue weighted by molar-refractivity contribution is 6.33. The molecule has 2 fully saturated rings. The molecule has 37 heavy (non-hydrogen) atoms.